The number of carbonyl (C=O) groups excluding carboxylic acids is 1. The van der Waals surface area contributed by atoms with Crippen LogP contribution in [-0.2, 0) is 11.2 Å². The molecule has 5 aromatic rings. The Morgan fingerprint density at radius 2 is 1.90 bits per heavy atom. The number of aliphatic carboxylic acids is 1. The summed E-state index contributed by atoms with van der Waals surface area (Å²) in [7, 11) is 0. The van der Waals surface area contributed by atoms with Crippen molar-refractivity contribution in [2.24, 2.45) is 0 Å². The summed E-state index contributed by atoms with van der Waals surface area (Å²) in [6.07, 6.45) is -1.01. The molecule has 0 fully saturated rings. The highest BCUT2D eigenvalue weighted by molar-refractivity contribution is 6.36. The molecule has 3 aromatic heterocycles. The predicted octanol–water partition coefficient (Wildman–Crippen LogP) is 5.19. The van der Waals surface area contributed by atoms with E-state index < -0.39 is 18.2 Å². The number of benzene rings is 2. The first kappa shape index (κ1) is 28.4. The number of aromatic amines is 1. The molecule has 0 bridgehead atoms. The number of anilines is 1. The van der Waals surface area contributed by atoms with Gasteiger partial charge in [0.1, 0.15) is 11.1 Å². The lowest BCUT2D eigenvalue weighted by molar-refractivity contribution is -0.192. The maximum Gasteiger partial charge on any atom is 0.490 e. The van der Waals surface area contributed by atoms with Gasteiger partial charge in [0.05, 0.1) is 11.1 Å². The first-order valence-corrected chi connectivity index (χ1v) is 12.3. The van der Waals surface area contributed by atoms with E-state index in [0.717, 1.165) is 39.7 Å². The number of nitrogens with one attached hydrogen (secondary N) is 2. The lowest BCUT2D eigenvalue weighted by Gasteiger charge is -2.20. The van der Waals surface area contributed by atoms with Crippen LogP contribution in [0.2, 0.25) is 5.02 Å². The van der Waals surface area contributed by atoms with Gasteiger partial charge in [0.25, 0.3) is 5.91 Å². The molecule has 10 nitrogen and oxygen atoms in total. The van der Waals surface area contributed by atoms with Gasteiger partial charge >= 0.3 is 12.1 Å². The highest BCUT2D eigenvalue weighted by Crippen LogP contribution is 2.39. The lowest BCUT2D eigenvalue weighted by Crippen LogP contribution is -2.27. The van der Waals surface area contributed by atoms with Crippen LogP contribution < -0.4 is 11.1 Å². The fourth-order valence-electron chi connectivity index (χ4n) is 4.21. The van der Waals surface area contributed by atoms with Crippen molar-refractivity contribution in [3.05, 3.63) is 76.7 Å². The zero-order chi connectivity index (χ0) is 29.2. The molecule has 0 radical (unpaired) electrons. The number of carboxylic acids is 1. The van der Waals surface area contributed by atoms with Crippen LogP contribution in [0, 0.1) is 0 Å². The Morgan fingerprint density at radius 1 is 1.23 bits per heavy atom. The standard InChI is InChI=1S/C24H22ClN7O.C2HF3O2/c1-3-17-19-16(25)12-15(18(21(19)30-29-17)14-8-5-4-6-9-14)13(2)28-24(33)20-22(26)31-32-11-7-10-27-23(20)32;3-2(4,5)1(6)7/h4-13H,3H2,1-2H3,(H2,26,31)(H,28,33)(H,29,30);(H,6,7). The summed E-state index contributed by atoms with van der Waals surface area (Å²) in [5.74, 6) is -3.00. The van der Waals surface area contributed by atoms with E-state index in [1.165, 1.54) is 4.52 Å². The number of hydrogen-bond acceptors (Lipinski definition) is 6. The van der Waals surface area contributed by atoms with Crippen LogP contribution in [0.25, 0.3) is 27.7 Å². The third-order valence-electron chi connectivity index (χ3n) is 6.01. The minimum atomic E-state index is -5.08. The van der Waals surface area contributed by atoms with Crippen LogP contribution >= 0.6 is 11.6 Å². The molecule has 2 aromatic carbocycles. The Labute approximate surface area is 230 Å². The van der Waals surface area contributed by atoms with Gasteiger partial charge in [0, 0.05) is 29.0 Å². The second-order valence-electron chi connectivity index (χ2n) is 8.61. The van der Waals surface area contributed by atoms with Gasteiger partial charge in [-0.15, -0.1) is 5.10 Å². The normalized spacial score (nSPS) is 12.2. The molecular formula is C26H23ClF3N7O3. The molecule has 1 amide bonds. The van der Waals surface area contributed by atoms with Crippen LogP contribution in [0.3, 0.4) is 0 Å². The highest BCUT2D eigenvalue weighted by Gasteiger charge is 2.38. The molecule has 5 N–H and O–H groups in total. The molecule has 0 aliphatic heterocycles. The van der Waals surface area contributed by atoms with E-state index in [0.29, 0.717) is 10.7 Å². The molecule has 0 saturated carbocycles. The Morgan fingerprint density at radius 3 is 2.52 bits per heavy atom. The molecule has 3 heterocycles. The van der Waals surface area contributed by atoms with Gasteiger partial charge in [-0.25, -0.2) is 14.3 Å². The summed E-state index contributed by atoms with van der Waals surface area (Å²) >= 11 is 6.71. The predicted molar refractivity (Wildman–Crippen MR) is 143 cm³/mol. The molecule has 40 heavy (non-hydrogen) atoms. The minimum Gasteiger partial charge on any atom is -0.475 e. The topological polar surface area (TPSA) is 151 Å². The fourth-order valence-corrected chi connectivity index (χ4v) is 4.53. The number of fused-ring (bicyclic) bond motifs is 2. The van der Waals surface area contributed by atoms with E-state index >= 15 is 0 Å². The number of rotatable bonds is 5. The molecular weight excluding hydrogens is 551 g/mol. The average Bonchev–Trinajstić information content (AvgIpc) is 3.49. The summed E-state index contributed by atoms with van der Waals surface area (Å²) in [5.41, 5.74) is 11.2. The fraction of sp³-hybridized carbons (Fsp3) is 0.192. The number of carboxylic acid groups (broad SMARTS) is 1. The molecule has 5 rings (SSSR count). The van der Waals surface area contributed by atoms with E-state index in [9.17, 15) is 18.0 Å². The van der Waals surface area contributed by atoms with Crippen LogP contribution in [-0.4, -0.2) is 48.0 Å². The zero-order valence-electron chi connectivity index (χ0n) is 21.1. The number of nitrogens with zero attached hydrogens (tertiary/aromatic N) is 4. The number of amides is 1. The Balaban J connectivity index is 0.000000470. The smallest absolute Gasteiger partial charge is 0.475 e. The number of aryl methyl sites for hydroxylation is 1. The van der Waals surface area contributed by atoms with Crippen molar-refractivity contribution in [2.75, 3.05) is 5.73 Å². The molecule has 0 aliphatic rings. The quantitative estimate of drug-likeness (QED) is 0.226. The van der Waals surface area contributed by atoms with Gasteiger partial charge in [-0.05, 0) is 36.6 Å². The minimum absolute atomic E-state index is 0.120. The van der Waals surface area contributed by atoms with E-state index in [2.05, 4.69) is 32.5 Å². The van der Waals surface area contributed by atoms with Crippen molar-refractivity contribution < 1.29 is 27.9 Å². The Kier molecular flexibility index (Phi) is 7.96. The maximum absolute atomic E-state index is 13.2. The van der Waals surface area contributed by atoms with Crippen molar-refractivity contribution in [3.63, 3.8) is 0 Å². The lowest BCUT2D eigenvalue weighted by atomic mass is 9.92. The third-order valence-corrected chi connectivity index (χ3v) is 6.31. The summed E-state index contributed by atoms with van der Waals surface area (Å²) in [6, 6.07) is 13.2. The van der Waals surface area contributed by atoms with Crippen molar-refractivity contribution in [1.29, 1.82) is 0 Å². The van der Waals surface area contributed by atoms with E-state index in [1.54, 1.807) is 18.5 Å². The molecule has 0 aliphatic carbocycles. The molecule has 14 heteroatoms. The van der Waals surface area contributed by atoms with Crippen LogP contribution in [0.15, 0.2) is 54.9 Å². The molecule has 1 atom stereocenters. The first-order valence-electron chi connectivity index (χ1n) is 11.9. The van der Waals surface area contributed by atoms with E-state index in [4.69, 9.17) is 27.2 Å². The van der Waals surface area contributed by atoms with Gasteiger partial charge in [-0.2, -0.15) is 18.3 Å². The number of nitrogens with two attached hydrogens (primary N) is 1. The molecule has 0 spiro atoms. The Bertz CT molecular complexity index is 1700. The van der Waals surface area contributed by atoms with E-state index in [-0.39, 0.29) is 17.3 Å². The van der Waals surface area contributed by atoms with Crippen molar-refractivity contribution in [1.82, 2.24) is 30.1 Å². The van der Waals surface area contributed by atoms with Crippen molar-refractivity contribution in [2.45, 2.75) is 32.5 Å². The third kappa shape index (κ3) is 5.54. The van der Waals surface area contributed by atoms with Crippen molar-refractivity contribution >= 4 is 45.8 Å². The summed E-state index contributed by atoms with van der Waals surface area (Å²) in [5, 5.41) is 23.5. The number of carbonyl (C=O) groups is 2. The SMILES string of the molecule is CCc1[nH]nc2c(-c3ccccc3)c(C(C)NC(=O)c3c(N)nn4cccnc34)cc(Cl)c12.O=C(O)C(F)(F)F. The van der Waals surface area contributed by atoms with E-state index in [1.807, 2.05) is 43.3 Å². The maximum atomic E-state index is 13.2. The number of alkyl halides is 3. The largest absolute Gasteiger partial charge is 0.490 e. The first-order chi connectivity index (χ1) is 18.9. The number of aromatic nitrogens is 5. The number of H-pyrrole nitrogens is 1. The van der Waals surface area contributed by atoms with Gasteiger partial charge in [0.2, 0.25) is 0 Å². The molecule has 0 saturated heterocycles. The summed E-state index contributed by atoms with van der Waals surface area (Å²) in [6.45, 7) is 3.96. The Hall–Kier alpha value is -4.65. The van der Waals surface area contributed by atoms with Gasteiger partial charge in [0.15, 0.2) is 11.5 Å². The second kappa shape index (κ2) is 11.2. The van der Waals surface area contributed by atoms with Crippen LogP contribution in [0.4, 0.5) is 19.0 Å². The monoisotopic (exact) mass is 573 g/mol. The molecule has 208 valence electrons. The highest BCUT2D eigenvalue weighted by atomic mass is 35.5. The van der Waals surface area contributed by atoms with Gasteiger partial charge in [-0.1, -0.05) is 48.9 Å². The van der Waals surface area contributed by atoms with Gasteiger partial charge in [-0.3, -0.25) is 9.89 Å². The zero-order valence-corrected chi connectivity index (χ0v) is 21.9. The molecule has 1 unspecified atom stereocenters. The van der Waals surface area contributed by atoms with Crippen molar-refractivity contribution in [3.8, 4) is 11.1 Å². The number of nitrogen functional groups attached to an aromatic ring is 1. The second-order valence-corrected chi connectivity index (χ2v) is 9.02. The van der Waals surface area contributed by atoms with Crippen LogP contribution in [0.1, 0.15) is 41.5 Å². The summed E-state index contributed by atoms with van der Waals surface area (Å²) < 4.78 is 33.2. The number of hydrogen-bond donors (Lipinski definition) is 4. The van der Waals surface area contributed by atoms with Crippen LogP contribution in [0.5, 0.6) is 0 Å². The average molecular weight is 574 g/mol. The number of halogens is 4. The summed E-state index contributed by atoms with van der Waals surface area (Å²) in [4.78, 5) is 26.4. The van der Waals surface area contributed by atoms with Gasteiger partial charge < -0.3 is 16.2 Å².